The van der Waals surface area contributed by atoms with Crippen molar-refractivity contribution in [3.8, 4) is 23.0 Å². The maximum absolute atomic E-state index is 12.3. The molecule has 0 fully saturated rings. The van der Waals surface area contributed by atoms with Crippen molar-refractivity contribution in [1.29, 1.82) is 0 Å². The maximum Gasteiger partial charge on any atom is 0.240 e. The van der Waals surface area contributed by atoms with Crippen molar-refractivity contribution in [2.45, 2.75) is 19.4 Å². The molecule has 1 atom stereocenters. The first kappa shape index (κ1) is 20.3. The second kappa shape index (κ2) is 8.30. The van der Waals surface area contributed by atoms with Gasteiger partial charge in [-0.1, -0.05) is 6.07 Å². The van der Waals surface area contributed by atoms with Gasteiger partial charge in [-0.25, -0.2) is 5.01 Å². The van der Waals surface area contributed by atoms with Crippen molar-refractivity contribution in [3.05, 3.63) is 41.5 Å². The average molecular weight is 399 g/mol. The summed E-state index contributed by atoms with van der Waals surface area (Å²) in [6.45, 7) is 1.49. The number of hydrogen-bond acceptors (Lipinski definition) is 7. The highest BCUT2D eigenvalue weighted by molar-refractivity contribution is 6.04. The molecule has 8 heteroatoms. The molecule has 0 radical (unpaired) electrons. The maximum atomic E-state index is 12.3. The van der Waals surface area contributed by atoms with E-state index in [4.69, 9.17) is 24.7 Å². The van der Waals surface area contributed by atoms with Gasteiger partial charge in [-0.2, -0.15) is 5.10 Å². The molecule has 0 bridgehead atoms. The van der Waals surface area contributed by atoms with Gasteiger partial charge < -0.3 is 24.7 Å². The Morgan fingerprint density at radius 2 is 1.62 bits per heavy atom. The molecule has 1 unspecified atom stereocenters. The van der Waals surface area contributed by atoms with E-state index in [9.17, 15) is 4.79 Å². The standard InChI is InChI=1S/C21H25N3O5/c1-12(25)24-17(13-6-7-18(26-2)15(22)8-13)11-16(23-24)14-9-19(27-3)21(29-5)20(10-14)28-4/h6-10,17H,11,22H2,1-5H3. The quantitative estimate of drug-likeness (QED) is 0.750. The lowest BCUT2D eigenvalue weighted by Gasteiger charge is -2.21. The molecule has 0 spiro atoms. The number of carbonyl (C=O) groups is 1. The summed E-state index contributed by atoms with van der Waals surface area (Å²) in [5.41, 5.74) is 8.97. The van der Waals surface area contributed by atoms with Gasteiger partial charge in [0.25, 0.3) is 0 Å². The third kappa shape index (κ3) is 3.78. The van der Waals surface area contributed by atoms with Crippen molar-refractivity contribution < 1.29 is 23.7 Å². The Kier molecular flexibility index (Phi) is 5.81. The molecule has 1 aliphatic rings. The first-order valence-electron chi connectivity index (χ1n) is 9.04. The topological polar surface area (TPSA) is 95.6 Å². The molecule has 2 N–H and O–H groups in total. The number of nitrogen functional groups attached to an aromatic ring is 1. The van der Waals surface area contributed by atoms with Crippen molar-refractivity contribution in [1.82, 2.24) is 5.01 Å². The summed E-state index contributed by atoms with van der Waals surface area (Å²) >= 11 is 0. The summed E-state index contributed by atoms with van der Waals surface area (Å²) in [7, 11) is 6.23. The number of nitrogens with two attached hydrogens (primary N) is 1. The molecule has 2 aromatic carbocycles. The van der Waals surface area contributed by atoms with E-state index in [1.54, 1.807) is 34.5 Å². The van der Waals surface area contributed by atoms with Crippen LogP contribution in [0.2, 0.25) is 0 Å². The molecular weight excluding hydrogens is 374 g/mol. The fraction of sp³-hybridized carbons (Fsp3) is 0.333. The fourth-order valence-electron chi connectivity index (χ4n) is 3.44. The van der Waals surface area contributed by atoms with Gasteiger partial charge in [0.1, 0.15) is 5.75 Å². The van der Waals surface area contributed by atoms with Crippen molar-refractivity contribution in [2.75, 3.05) is 34.2 Å². The van der Waals surface area contributed by atoms with E-state index in [0.717, 1.165) is 16.8 Å². The van der Waals surface area contributed by atoms with Gasteiger partial charge in [-0.05, 0) is 29.8 Å². The zero-order valence-electron chi connectivity index (χ0n) is 17.2. The van der Waals surface area contributed by atoms with E-state index < -0.39 is 0 Å². The van der Waals surface area contributed by atoms with Crippen molar-refractivity contribution in [2.24, 2.45) is 5.10 Å². The van der Waals surface area contributed by atoms with Crippen LogP contribution in [0.1, 0.15) is 30.5 Å². The minimum atomic E-state index is -0.269. The number of methoxy groups -OCH3 is 4. The minimum Gasteiger partial charge on any atom is -0.495 e. The molecule has 0 saturated heterocycles. The molecule has 0 aliphatic carbocycles. The number of nitrogens with zero attached hydrogens (tertiary/aromatic N) is 2. The number of anilines is 1. The molecule has 29 heavy (non-hydrogen) atoms. The van der Waals surface area contributed by atoms with Gasteiger partial charge in [0.2, 0.25) is 11.7 Å². The van der Waals surface area contributed by atoms with Crippen LogP contribution in [0.5, 0.6) is 23.0 Å². The number of carbonyl (C=O) groups excluding carboxylic acids is 1. The third-order valence-corrected chi connectivity index (χ3v) is 4.87. The predicted molar refractivity (Wildman–Crippen MR) is 110 cm³/mol. The Balaban J connectivity index is 2.01. The molecular formula is C21H25N3O5. The smallest absolute Gasteiger partial charge is 0.240 e. The number of rotatable bonds is 6. The second-order valence-corrected chi connectivity index (χ2v) is 6.55. The SMILES string of the molecule is COc1ccc(C2CC(c3cc(OC)c(OC)c(OC)c3)=NN2C(C)=O)cc1N. The molecule has 154 valence electrons. The third-order valence-electron chi connectivity index (χ3n) is 4.87. The number of amides is 1. The molecule has 1 heterocycles. The van der Waals surface area contributed by atoms with E-state index in [1.807, 2.05) is 24.3 Å². The van der Waals surface area contributed by atoms with Crippen LogP contribution in [0.15, 0.2) is 35.4 Å². The minimum absolute atomic E-state index is 0.160. The Labute approximate surface area is 169 Å². The van der Waals surface area contributed by atoms with E-state index >= 15 is 0 Å². The summed E-state index contributed by atoms with van der Waals surface area (Å²) in [6, 6.07) is 8.87. The average Bonchev–Trinajstić information content (AvgIpc) is 3.18. The number of benzene rings is 2. The Bertz CT molecular complexity index is 932. The zero-order chi connectivity index (χ0) is 21.1. The molecule has 0 aromatic heterocycles. The molecule has 2 aromatic rings. The first-order valence-corrected chi connectivity index (χ1v) is 9.04. The normalized spacial score (nSPS) is 15.7. The number of hydrazone groups is 1. The monoisotopic (exact) mass is 399 g/mol. The molecule has 3 rings (SSSR count). The largest absolute Gasteiger partial charge is 0.495 e. The number of hydrogen-bond donors (Lipinski definition) is 1. The highest BCUT2D eigenvalue weighted by Crippen LogP contribution is 2.41. The van der Waals surface area contributed by atoms with E-state index in [1.165, 1.54) is 11.9 Å². The van der Waals surface area contributed by atoms with Crippen LogP contribution in [0.3, 0.4) is 0 Å². The summed E-state index contributed by atoms with van der Waals surface area (Å²) in [4.78, 5) is 12.3. The first-order chi connectivity index (χ1) is 13.9. The Hall–Kier alpha value is -3.42. The lowest BCUT2D eigenvalue weighted by molar-refractivity contribution is -0.130. The highest BCUT2D eigenvalue weighted by atomic mass is 16.5. The Morgan fingerprint density at radius 3 is 2.10 bits per heavy atom. The van der Waals surface area contributed by atoms with E-state index in [2.05, 4.69) is 5.10 Å². The Morgan fingerprint density at radius 1 is 1.00 bits per heavy atom. The van der Waals surface area contributed by atoms with Crippen LogP contribution >= 0.6 is 0 Å². The van der Waals surface area contributed by atoms with Gasteiger partial charge in [-0.3, -0.25) is 4.79 Å². The lowest BCUT2D eigenvalue weighted by atomic mass is 9.97. The van der Waals surface area contributed by atoms with E-state index in [0.29, 0.717) is 35.1 Å². The second-order valence-electron chi connectivity index (χ2n) is 6.55. The number of ether oxygens (including phenoxy) is 4. The van der Waals surface area contributed by atoms with Gasteiger partial charge in [0.05, 0.1) is 45.9 Å². The van der Waals surface area contributed by atoms with Crippen LogP contribution < -0.4 is 24.7 Å². The highest BCUT2D eigenvalue weighted by Gasteiger charge is 2.32. The van der Waals surface area contributed by atoms with E-state index in [-0.39, 0.29) is 11.9 Å². The van der Waals surface area contributed by atoms with Gasteiger partial charge in [0.15, 0.2) is 11.5 Å². The van der Waals surface area contributed by atoms with Crippen LogP contribution in [0.25, 0.3) is 0 Å². The molecule has 1 aliphatic heterocycles. The molecule has 8 nitrogen and oxygen atoms in total. The fourth-order valence-corrected chi connectivity index (χ4v) is 3.44. The predicted octanol–water partition coefficient (Wildman–Crippen LogP) is 3.00. The van der Waals surface area contributed by atoms with Crippen LogP contribution in [0, 0.1) is 0 Å². The van der Waals surface area contributed by atoms with Gasteiger partial charge in [-0.15, -0.1) is 0 Å². The summed E-state index contributed by atoms with van der Waals surface area (Å²) in [6.07, 6.45) is 0.518. The summed E-state index contributed by atoms with van der Waals surface area (Å²) in [5, 5.41) is 6.04. The molecule has 1 amide bonds. The summed E-state index contributed by atoms with van der Waals surface area (Å²) in [5.74, 6) is 1.98. The summed E-state index contributed by atoms with van der Waals surface area (Å²) < 4.78 is 21.5. The van der Waals surface area contributed by atoms with Crippen LogP contribution in [-0.4, -0.2) is 45.1 Å². The lowest BCUT2D eigenvalue weighted by Crippen LogP contribution is -2.24. The van der Waals surface area contributed by atoms with Gasteiger partial charge in [0, 0.05) is 18.9 Å². The molecule has 0 saturated carbocycles. The van der Waals surface area contributed by atoms with Crippen molar-refractivity contribution in [3.63, 3.8) is 0 Å². The van der Waals surface area contributed by atoms with Gasteiger partial charge >= 0.3 is 0 Å². The zero-order valence-corrected chi connectivity index (χ0v) is 17.2. The van der Waals surface area contributed by atoms with Crippen molar-refractivity contribution >= 4 is 17.3 Å². The van der Waals surface area contributed by atoms with Crippen LogP contribution in [-0.2, 0) is 4.79 Å². The van der Waals surface area contributed by atoms with Crippen LogP contribution in [0.4, 0.5) is 5.69 Å².